The Balaban J connectivity index is 1.96. The van der Waals surface area contributed by atoms with Gasteiger partial charge in [-0.2, -0.15) is 0 Å². The van der Waals surface area contributed by atoms with E-state index in [4.69, 9.17) is 9.73 Å². The molecule has 0 spiro atoms. The van der Waals surface area contributed by atoms with Gasteiger partial charge in [0.05, 0.1) is 25.6 Å². The number of rotatable bonds is 3. The Morgan fingerprint density at radius 1 is 1.23 bits per heavy atom. The normalized spacial score (nSPS) is 23.0. The molecule has 0 aromatic heterocycles. The molecule has 2 atom stereocenters. The fraction of sp³-hybridized carbons (Fsp3) is 0.333. The molecule has 0 aliphatic carbocycles. The number of methoxy groups -OCH3 is 1. The maximum absolute atomic E-state index is 11.8. The first-order valence-electron chi connectivity index (χ1n) is 7.44. The molecule has 4 heteroatoms. The van der Waals surface area contributed by atoms with Crippen LogP contribution in [-0.4, -0.2) is 29.9 Å². The van der Waals surface area contributed by atoms with Crippen LogP contribution in [0, 0.1) is 6.92 Å². The summed E-state index contributed by atoms with van der Waals surface area (Å²) in [6.07, 6.45) is 6.43. The van der Waals surface area contributed by atoms with Gasteiger partial charge in [0, 0.05) is 6.20 Å². The summed E-state index contributed by atoms with van der Waals surface area (Å²) in [6, 6.07) is 8.25. The zero-order valence-corrected chi connectivity index (χ0v) is 13.1. The Hall–Kier alpha value is -2.36. The van der Waals surface area contributed by atoms with Crippen molar-refractivity contribution in [1.29, 1.82) is 0 Å². The SMILES string of the molecule is COC(=O)CC1C(c2ccc(C)cc2)N=C2C=CC(C)=CN21. The van der Waals surface area contributed by atoms with Gasteiger partial charge in [-0.15, -0.1) is 0 Å². The number of allylic oxidation sites excluding steroid dienone is 2. The Kier molecular flexibility index (Phi) is 3.84. The molecule has 0 saturated heterocycles. The summed E-state index contributed by atoms with van der Waals surface area (Å²) in [5.41, 5.74) is 3.49. The second kappa shape index (κ2) is 5.79. The molecule has 2 heterocycles. The molecule has 0 amide bonds. The number of benzene rings is 1. The Labute approximate surface area is 130 Å². The maximum Gasteiger partial charge on any atom is 0.307 e. The van der Waals surface area contributed by atoms with Crippen molar-refractivity contribution in [3.63, 3.8) is 0 Å². The van der Waals surface area contributed by atoms with Gasteiger partial charge in [0.25, 0.3) is 0 Å². The van der Waals surface area contributed by atoms with E-state index in [2.05, 4.69) is 42.3 Å². The average Bonchev–Trinajstić information content (AvgIpc) is 2.86. The van der Waals surface area contributed by atoms with Gasteiger partial charge in [-0.05, 0) is 31.1 Å². The number of fused-ring (bicyclic) bond motifs is 1. The summed E-state index contributed by atoms with van der Waals surface area (Å²) in [5.74, 6) is 0.698. The van der Waals surface area contributed by atoms with Gasteiger partial charge >= 0.3 is 5.97 Å². The zero-order chi connectivity index (χ0) is 15.7. The smallest absolute Gasteiger partial charge is 0.307 e. The molecule has 2 aliphatic rings. The Morgan fingerprint density at radius 3 is 2.64 bits per heavy atom. The third kappa shape index (κ3) is 2.69. The summed E-state index contributed by atoms with van der Waals surface area (Å²) >= 11 is 0. The molecular formula is C18H20N2O2. The number of esters is 1. The molecule has 0 radical (unpaired) electrons. The molecule has 0 bridgehead atoms. The first-order chi connectivity index (χ1) is 10.6. The number of aryl methyl sites for hydroxylation is 1. The number of nitrogens with zero attached hydrogens (tertiary/aromatic N) is 2. The number of hydrogen-bond donors (Lipinski definition) is 0. The highest BCUT2D eigenvalue weighted by Crippen LogP contribution is 2.35. The number of carbonyl (C=O) groups excluding carboxylic acids is 1. The Morgan fingerprint density at radius 2 is 1.95 bits per heavy atom. The van der Waals surface area contributed by atoms with E-state index in [0.29, 0.717) is 6.42 Å². The van der Waals surface area contributed by atoms with Gasteiger partial charge < -0.3 is 9.64 Å². The van der Waals surface area contributed by atoms with Crippen LogP contribution >= 0.6 is 0 Å². The molecule has 114 valence electrons. The topological polar surface area (TPSA) is 41.9 Å². The lowest BCUT2D eigenvalue weighted by Crippen LogP contribution is -2.35. The molecule has 1 aromatic carbocycles. The second-order valence-corrected chi connectivity index (χ2v) is 5.80. The van der Waals surface area contributed by atoms with Crippen LogP contribution in [0.2, 0.25) is 0 Å². The van der Waals surface area contributed by atoms with Crippen LogP contribution in [0.3, 0.4) is 0 Å². The lowest BCUT2D eigenvalue weighted by Gasteiger charge is -2.28. The van der Waals surface area contributed by atoms with Crippen LogP contribution in [-0.2, 0) is 9.53 Å². The van der Waals surface area contributed by atoms with Crippen LogP contribution in [0.5, 0.6) is 0 Å². The van der Waals surface area contributed by atoms with Gasteiger partial charge in [-0.25, -0.2) is 0 Å². The average molecular weight is 296 g/mol. The fourth-order valence-electron chi connectivity index (χ4n) is 2.90. The highest BCUT2D eigenvalue weighted by molar-refractivity contribution is 5.97. The second-order valence-electron chi connectivity index (χ2n) is 5.80. The standard InChI is InChI=1S/C18H20N2O2/c1-12-4-7-14(8-5-12)18-15(10-17(21)22-3)20-11-13(2)6-9-16(20)19-18/h4-9,11,15,18H,10H2,1-3H3. The third-order valence-electron chi connectivity index (χ3n) is 4.12. The van der Waals surface area contributed by atoms with Gasteiger partial charge in [-0.1, -0.05) is 35.9 Å². The van der Waals surface area contributed by atoms with Gasteiger partial charge in [0.2, 0.25) is 0 Å². The van der Waals surface area contributed by atoms with E-state index in [9.17, 15) is 4.79 Å². The van der Waals surface area contributed by atoms with E-state index in [1.54, 1.807) is 0 Å². The van der Waals surface area contributed by atoms with E-state index in [0.717, 1.165) is 17.0 Å². The van der Waals surface area contributed by atoms with Crippen LogP contribution in [0.4, 0.5) is 0 Å². The van der Waals surface area contributed by atoms with Crippen molar-refractivity contribution < 1.29 is 9.53 Å². The highest BCUT2D eigenvalue weighted by atomic mass is 16.5. The summed E-state index contributed by atoms with van der Waals surface area (Å²) in [7, 11) is 1.43. The maximum atomic E-state index is 11.8. The molecule has 22 heavy (non-hydrogen) atoms. The predicted octanol–water partition coefficient (Wildman–Crippen LogP) is 3.16. The summed E-state index contributed by atoms with van der Waals surface area (Å²) in [6.45, 7) is 4.11. The van der Waals surface area contributed by atoms with E-state index in [1.165, 1.54) is 12.7 Å². The lowest BCUT2D eigenvalue weighted by atomic mass is 9.96. The van der Waals surface area contributed by atoms with Crippen LogP contribution < -0.4 is 0 Å². The molecule has 0 saturated carbocycles. The van der Waals surface area contributed by atoms with E-state index in [-0.39, 0.29) is 18.1 Å². The lowest BCUT2D eigenvalue weighted by molar-refractivity contribution is -0.141. The molecule has 0 fully saturated rings. The summed E-state index contributed by atoms with van der Waals surface area (Å²) in [5, 5.41) is 0. The summed E-state index contributed by atoms with van der Waals surface area (Å²) < 4.78 is 4.87. The van der Waals surface area contributed by atoms with Crippen LogP contribution in [0.15, 0.2) is 53.2 Å². The minimum atomic E-state index is -0.209. The molecular weight excluding hydrogens is 276 g/mol. The largest absolute Gasteiger partial charge is 0.469 e. The quantitative estimate of drug-likeness (QED) is 0.805. The van der Waals surface area contributed by atoms with E-state index in [1.807, 2.05) is 19.1 Å². The van der Waals surface area contributed by atoms with Crippen LogP contribution in [0.1, 0.15) is 30.5 Å². The summed E-state index contributed by atoms with van der Waals surface area (Å²) in [4.78, 5) is 18.7. The first-order valence-corrected chi connectivity index (χ1v) is 7.44. The monoisotopic (exact) mass is 296 g/mol. The molecule has 1 aromatic rings. The number of ether oxygens (including phenoxy) is 1. The molecule has 2 unspecified atom stereocenters. The van der Waals surface area contributed by atoms with Gasteiger partial charge in [-0.3, -0.25) is 9.79 Å². The molecule has 3 rings (SSSR count). The van der Waals surface area contributed by atoms with E-state index < -0.39 is 0 Å². The van der Waals surface area contributed by atoms with Crippen molar-refractivity contribution in [2.24, 2.45) is 4.99 Å². The molecule has 4 nitrogen and oxygen atoms in total. The number of hydrogen-bond acceptors (Lipinski definition) is 4. The molecule has 0 N–H and O–H groups in total. The number of carbonyl (C=O) groups is 1. The third-order valence-corrected chi connectivity index (χ3v) is 4.12. The highest BCUT2D eigenvalue weighted by Gasteiger charge is 2.37. The van der Waals surface area contributed by atoms with Crippen molar-refractivity contribution in [2.75, 3.05) is 7.11 Å². The van der Waals surface area contributed by atoms with Gasteiger partial charge in [0.15, 0.2) is 0 Å². The fourth-order valence-corrected chi connectivity index (χ4v) is 2.90. The minimum Gasteiger partial charge on any atom is -0.469 e. The Bertz CT molecular complexity index is 671. The van der Waals surface area contributed by atoms with E-state index >= 15 is 0 Å². The van der Waals surface area contributed by atoms with Crippen molar-refractivity contribution in [1.82, 2.24) is 4.90 Å². The van der Waals surface area contributed by atoms with Crippen LogP contribution in [0.25, 0.3) is 0 Å². The first kappa shape index (κ1) is 14.6. The zero-order valence-electron chi connectivity index (χ0n) is 13.1. The minimum absolute atomic E-state index is 0.0370. The number of amidine groups is 1. The van der Waals surface area contributed by atoms with Crippen molar-refractivity contribution >= 4 is 11.8 Å². The number of aliphatic imine (C=N–C) groups is 1. The predicted molar refractivity (Wildman–Crippen MR) is 86.5 cm³/mol. The van der Waals surface area contributed by atoms with Crippen molar-refractivity contribution in [3.8, 4) is 0 Å². The van der Waals surface area contributed by atoms with Crippen molar-refractivity contribution in [2.45, 2.75) is 32.4 Å². The van der Waals surface area contributed by atoms with Crippen molar-refractivity contribution in [3.05, 3.63) is 59.3 Å². The van der Waals surface area contributed by atoms with Gasteiger partial charge in [0.1, 0.15) is 5.84 Å². The molecule has 2 aliphatic heterocycles.